The minimum atomic E-state index is 0.0271. The van der Waals surface area contributed by atoms with Crippen molar-refractivity contribution in [1.29, 1.82) is 0 Å². The van der Waals surface area contributed by atoms with E-state index in [4.69, 9.17) is 17.2 Å². The molecule has 0 amide bonds. The highest BCUT2D eigenvalue weighted by molar-refractivity contribution is 7.71. The van der Waals surface area contributed by atoms with Crippen molar-refractivity contribution in [2.24, 2.45) is 4.99 Å². The minimum absolute atomic E-state index is 0.0271. The molecule has 0 atom stereocenters. The average Bonchev–Trinajstić information content (AvgIpc) is 3.09. The largest absolute Gasteiger partial charge is 0.493 e. The molecular formula is C18H13N3OS. The molecule has 0 saturated heterocycles. The molecule has 23 heavy (non-hydrogen) atoms. The van der Waals surface area contributed by atoms with Crippen molar-refractivity contribution in [2.45, 2.75) is 0 Å². The van der Waals surface area contributed by atoms with E-state index in [9.17, 15) is 5.11 Å². The molecule has 112 valence electrons. The lowest BCUT2D eigenvalue weighted by Crippen LogP contribution is -1.99. The number of fused-ring (bicyclic) bond motifs is 1. The van der Waals surface area contributed by atoms with Crippen LogP contribution in [-0.2, 0) is 0 Å². The topological polar surface area (TPSA) is 64.2 Å². The molecular weight excluding hydrogens is 306 g/mol. The third-order valence-corrected chi connectivity index (χ3v) is 3.96. The van der Waals surface area contributed by atoms with E-state index < -0.39 is 0 Å². The fourth-order valence-corrected chi connectivity index (χ4v) is 2.91. The lowest BCUT2D eigenvalue weighted by atomic mass is 9.97. The molecule has 0 saturated carbocycles. The van der Waals surface area contributed by atoms with Gasteiger partial charge in [0, 0.05) is 16.7 Å². The monoisotopic (exact) mass is 319 g/mol. The Morgan fingerprint density at radius 2 is 1.70 bits per heavy atom. The molecule has 0 radical (unpaired) electrons. The number of aromatic amines is 2. The van der Waals surface area contributed by atoms with E-state index in [0.717, 1.165) is 28.1 Å². The first-order valence-electron chi connectivity index (χ1n) is 7.19. The van der Waals surface area contributed by atoms with Gasteiger partial charge in [0.25, 0.3) is 0 Å². The second kappa shape index (κ2) is 5.37. The standard InChI is InChI=1S/C18H13N3OS/c22-17-15(20-18(23)21-17)10-13-12-8-4-5-9-14(12)19-16(13)11-6-2-1-3-7-11/h1-10,22H,(H2,20,21,23)/b13-10-. The number of nitrogens with zero attached hydrogens (tertiary/aromatic N) is 1. The molecule has 3 N–H and O–H groups in total. The number of aromatic hydroxyl groups is 1. The van der Waals surface area contributed by atoms with Crippen LogP contribution in [0.3, 0.4) is 0 Å². The van der Waals surface area contributed by atoms with Crippen molar-refractivity contribution in [3.63, 3.8) is 0 Å². The van der Waals surface area contributed by atoms with Crippen LogP contribution in [0.1, 0.15) is 16.8 Å². The minimum Gasteiger partial charge on any atom is -0.493 e. The van der Waals surface area contributed by atoms with Gasteiger partial charge < -0.3 is 15.1 Å². The molecule has 0 aliphatic carbocycles. The summed E-state index contributed by atoms with van der Waals surface area (Å²) in [5.41, 5.74) is 5.37. The number of hydrogen-bond acceptors (Lipinski definition) is 3. The van der Waals surface area contributed by atoms with Crippen molar-refractivity contribution in [1.82, 2.24) is 9.97 Å². The quantitative estimate of drug-likeness (QED) is 0.611. The first-order chi connectivity index (χ1) is 11.2. The first-order valence-corrected chi connectivity index (χ1v) is 7.60. The Balaban J connectivity index is 1.92. The number of nitrogens with one attached hydrogen (secondary N) is 2. The highest BCUT2D eigenvalue weighted by Gasteiger charge is 2.22. The van der Waals surface area contributed by atoms with Crippen LogP contribution in [0.25, 0.3) is 11.6 Å². The zero-order valence-corrected chi connectivity index (χ0v) is 12.9. The third kappa shape index (κ3) is 2.41. The number of allylic oxidation sites excluding steroid dienone is 1. The smallest absolute Gasteiger partial charge is 0.215 e. The van der Waals surface area contributed by atoms with E-state index >= 15 is 0 Å². The summed E-state index contributed by atoms with van der Waals surface area (Å²) in [5, 5.41) is 9.96. The fourth-order valence-electron chi connectivity index (χ4n) is 2.71. The molecule has 4 rings (SSSR count). The summed E-state index contributed by atoms with van der Waals surface area (Å²) in [6, 6.07) is 18.0. The highest BCUT2D eigenvalue weighted by atomic mass is 32.1. The molecule has 2 aromatic carbocycles. The van der Waals surface area contributed by atoms with Crippen molar-refractivity contribution in [2.75, 3.05) is 0 Å². The zero-order valence-electron chi connectivity index (χ0n) is 12.1. The normalized spacial score (nSPS) is 14.8. The Hall–Kier alpha value is -2.92. The van der Waals surface area contributed by atoms with Gasteiger partial charge in [0.05, 0.1) is 11.4 Å². The summed E-state index contributed by atoms with van der Waals surface area (Å²) in [5.74, 6) is 0.0271. The van der Waals surface area contributed by atoms with Crippen LogP contribution in [0.2, 0.25) is 0 Å². The lowest BCUT2D eigenvalue weighted by molar-refractivity contribution is 0.455. The molecule has 1 aliphatic rings. The number of imidazole rings is 1. The molecule has 0 fully saturated rings. The Morgan fingerprint density at radius 3 is 2.43 bits per heavy atom. The van der Waals surface area contributed by atoms with E-state index in [1.807, 2.05) is 60.7 Å². The van der Waals surface area contributed by atoms with Gasteiger partial charge in [0.1, 0.15) is 5.69 Å². The van der Waals surface area contributed by atoms with Crippen LogP contribution in [-0.4, -0.2) is 20.8 Å². The Bertz CT molecular complexity index is 996. The predicted octanol–water partition coefficient (Wildman–Crippen LogP) is 4.45. The average molecular weight is 319 g/mol. The Morgan fingerprint density at radius 1 is 0.957 bits per heavy atom. The SMILES string of the molecule is Oc1[nH]c(=S)[nH]c1/C=C1\C(c2ccccc2)=Nc2ccccc21. The maximum absolute atomic E-state index is 9.96. The van der Waals surface area contributed by atoms with Gasteiger partial charge in [0.15, 0.2) is 4.77 Å². The molecule has 2 heterocycles. The summed E-state index contributed by atoms with van der Waals surface area (Å²) in [7, 11) is 0. The van der Waals surface area contributed by atoms with Crippen LogP contribution < -0.4 is 0 Å². The number of aromatic nitrogens is 2. The van der Waals surface area contributed by atoms with Gasteiger partial charge >= 0.3 is 0 Å². The Labute approximate surface area is 137 Å². The second-order valence-electron chi connectivity index (χ2n) is 5.24. The molecule has 4 nitrogen and oxygen atoms in total. The summed E-state index contributed by atoms with van der Waals surface area (Å²) < 4.78 is 0.388. The van der Waals surface area contributed by atoms with Crippen molar-refractivity contribution in [3.8, 4) is 5.88 Å². The number of benzene rings is 2. The molecule has 1 aromatic heterocycles. The summed E-state index contributed by atoms with van der Waals surface area (Å²) in [4.78, 5) is 10.4. The highest BCUT2D eigenvalue weighted by Crippen LogP contribution is 2.38. The molecule has 0 bridgehead atoms. The number of H-pyrrole nitrogens is 2. The van der Waals surface area contributed by atoms with Crippen LogP contribution in [0.4, 0.5) is 5.69 Å². The van der Waals surface area contributed by atoms with Gasteiger partial charge in [-0.3, -0.25) is 0 Å². The number of aliphatic imine (C=N–C) groups is 1. The maximum atomic E-state index is 9.96. The predicted molar refractivity (Wildman–Crippen MR) is 94.6 cm³/mol. The maximum Gasteiger partial charge on any atom is 0.215 e. The fraction of sp³-hybridized carbons (Fsp3) is 0. The van der Waals surface area contributed by atoms with Crippen LogP contribution in [0.15, 0.2) is 59.6 Å². The molecule has 0 spiro atoms. The van der Waals surface area contributed by atoms with E-state index in [2.05, 4.69) is 9.97 Å². The first kappa shape index (κ1) is 13.7. The third-order valence-electron chi connectivity index (χ3n) is 3.75. The van der Waals surface area contributed by atoms with Gasteiger partial charge in [-0.25, -0.2) is 4.99 Å². The van der Waals surface area contributed by atoms with Gasteiger partial charge in [-0.15, -0.1) is 0 Å². The van der Waals surface area contributed by atoms with Crippen LogP contribution in [0, 0.1) is 4.77 Å². The molecule has 5 heteroatoms. The van der Waals surface area contributed by atoms with Gasteiger partial charge in [-0.1, -0.05) is 48.5 Å². The number of para-hydroxylation sites is 1. The second-order valence-corrected chi connectivity index (χ2v) is 5.65. The van der Waals surface area contributed by atoms with E-state index in [1.165, 1.54) is 0 Å². The van der Waals surface area contributed by atoms with Gasteiger partial charge in [-0.05, 0) is 24.4 Å². The van der Waals surface area contributed by atoms with E-state index in [1.54, 1.807) is 0 Å². The van der Waals surface area contributed by atoms with Crippen LogP contribution in [0.5, 0.6) is 5.88 Å². The molecule has 0 unspecified atom stereocenters. The lowest BCUT2D eigenvalue weighted by Gasteiger charge is -2.05. The summed E-state index contributed by atoms with van der Waals surface area (Å²) >= 11 is 5.03. The van der Waals surface area contributed by atoms with E-state index in [-0.39, 0.29) is 5.88 Å². The number of hydrogen-bond donors (Lipinski definition) is 3. The zero-order chi connectivity index (χ0) is 15.8. The summed E-state index contributed by atoms with van der Waals surface area (Å²) in [6.07, 6.45) is 1.87. The molecule has 1 aliphatic heterocycles. The van der Waals surface area contributed by atoms with Crippen molar-refractivity contribution < 1.29 is 5.11 Å². The number of rotatable bonds is 2. The van der Waals surface area contributed by atoms with Crippen LogP contribution >= 0.6 is 12.2 Å². The van der Waals surface area contributed by atoms with Crippen molar-refractivity contribution >= 4 is 35.3 Å². The van der Waals surface area contributed by atoms with Gasteiger partial charge in [-0.2, -0.15) is 0 Å². The van der Waals surface area contributed by atoms with Crippen molar-refractivity contribution in [3.05, 3.63) is 76.2 Å². The van der Waals surface area contributed by atoms with Gasteiger partial charge in [0.2, 0.25) is 5.88 Å². The molecule has 3 aromatic rings. The van der Waals surface area contributed by atoms with E-state index in [0.29, 0.717) is 10.5 Å². The summed E-state index contributed by atoms with van der Waals surface area (Å²) in [6.45, 7) is 0. The Kier molecular flexibility index (Phi) is 3.20.